The van der Waals surface area contributed by atoms with Crippen LogP contribution >= 0.6 is 0 Å². The molecule has 5 heteroatoms. The molecule has 1 N–H and O–H groups in total. The predicted octanol–water partition coefficient (Wildman–Crippen LogP) is 2.12. The van der Waals surface area contributed by atoms with Crippen LogP contribution in [0.2, 0.25) is 0 Å². The van der Waals surface area contributed by atoms with E-state index in [0.717, 1.165) is 12.1 Å². The minimum atomic E-state index is -0.590. The maximum atomic E-state index is 10.2. The van der Waals surface area contributed by atoms with Gasteiger partial charge in [-0.25, -0.2) is 4.68 Å². The molecule has 1 heterocycles. The third-order valence-electron chi connectivity index (χ3n) is 3.17. The van der Waals surface area contributed by atoms with E-state index in [0.29, 0.717) is 12.1 Å². The Hall–Kier alpha value is -1.72. The number of aliphatic hydroxyl groups is 1. The Labute approximate surface area is 112 Å². The molecule has 0 amide bonds. The molecule has 1 aromatic heterocycles. The molecule has 5 nitrogen and oxygen atoms in total. The van der Waals surface area contributed by atoms with Gasteiger partial charge >= 0.3 is 0 Å². The van der Waals surface area contributed by atoms with Gasteiger partial charge in [-0.05, 0) is 31.9 Å². The van der Waals surface area contributed by atoms with E-state index in [2.05, 4.69) is 10.3 Å². The second-order valence-corrected chi connectivity index (χ2v) is 4.55. The average Bonchev–Trinajstić information content (AvgIpc) is 2.94. The summed E-state index contributed by atoms with van der Waals surface area (Å²) in [7, 11) is 1.67. The van der Waals surface area contributed by atoms with Crippen molar-refractivity contribution < 1.29 is 9.84 Å². The molecule has 0 aliphatic heterocycles. The third kappa shape index (κ3) is 3.39. The Kier molecular flexibility index (Phi) is 4.65. The number of para-hydroxylation sites is 1. The maximum absolute atomic E-state index is 10.2. The number of benzene rings is 1. The lowest BCUT2D eigenvalue weighted by Crippen LogP contribution is -2.11. The first-order valence-electron chi connectivity index (χ1n) is 6.39. The van der Waals surface area contributed by atoms with E-state index in [1.54, 1.807) is 18.0 Å². The van der Waals surface area contributed by atoms with E-state index < -0.39 is 6.10 Å². The second kappa shape index (κ2) is 6.45. The molecule has 0 aliphatic carbocycles. The summed E-state index contributed by atoms with van der Waals surface area (Å²) in [6.45, 7) is 1.99. The van der Waals surface area contributed by atoms with Crippen LogP contribution in [-0.2, 0) is 4.74 Å². The van der Waals surface area contributed by atoms with Gasteiger partial charge in [0.25, 0.3) is 0 Å². The Balaban J connectivity index is 2.11. The second-order valence-electron chi connectivity index (χ2n) is 4.55. The summed E-state index contributed by atoms with van der Waals surface area (Å²) in [5.41, 5.74) is 1.60. The number of nitrogens with zero attached hydrogens (tertiary/aromatic N) is 3. The van der Waals surface area contributed by atoms with Crippen molar-refractivity contribution in [1.29, 1.82) is 0 Å². The standard InChI is InChI=1S/C14H19N3O2/c1-11(19-2)8-9-14(18)13-10-15-16-17(13)12-6-4-3-5-7-12/h3-7,10-11,14,18H,8-9H2,1-2H3. The molecule has 0 saturated heterocycles. The average molecular weight is 261 g/mol. The smallest absolute Gasteiger partial charge is 0.0978 e. The van der Waals surface area contributed by atoms with Crippen LogP contribution < -0.4 is 0 Å². The number of hydrogen-bond acceptors (Lipinski definition) is 4. The molecule has 2 aromatic rings. The lowest BCUT2D eigenvalue weighted by Gasteiger charge is -2.14. The molecule has 0 radical (unpaired) electrons. The lowest BCUT2D eigenvalue weighted by molar-refractivity contribution is 0.0832. The number of hydrogen-bond donors (Lipinski definition) is 1. The topological polar surface area (TPSA) is 60.2 Å². The first-order chi connectivity index (χ1) is 9.22. The van der Waals surface area contributed by atoms with Crippen molar-refractivity contribution in [3.05, 3.63) is 42.2 Å². The normalized spacial score (nSPS) is 14.3. The van der Waals surface area contributed by atoms with Crippen LogP contribution in [0.15, 0.2) is 36.5 Å². The number of ether oxygens (including phenoxy) is 1. The van der Waals surface area contributed by atoms with Crippen LogP contribution in [0.5, 0.6) is 0 Å². The summed E-state index contributed by atoms with van der Waals surface area (Å²) in [5, 5.41) is 18.2. The first-order valence-corrected chi connectivity index (χ1v) is 6.39. The first kappa shape index (κ1) is 13.7. The fraction of sp³-hybridized carbons (Fsp3) is 0.429. The van der Waals surface area contributed by atoms with Gasteiger partial charge < -0.3 is 9.84 Å². The van der Waals surface area contributed by atoms with Crippen molar-refractivity contribution in [3.63, 3.8) is 0 Å². The van der Waals surface area contributed by atoms with Crippen molar-refractivity contribution in [3.8, 4) is 5.69 Å². The van der Waals surface area contributed by atoms with E-state index in [9.17, 15) is 5.11 Å². The van der Waals surface area contributed by atoms with Gasteiger partial charge in [0.2, 0.25) is 0 Å². The molecule has 0 aliphatic rings. The third-order valence-corrected chi connectivity index (χ3v) is 3.17. The molecule has 2 rings (SSSR count). The summed E-state index contributed by atoms with van der Waals surface area (Å²) in [4.78, 5) is 0. The number of aliphatic hydroxyl groups excluding tert-OH is 1. The molecular formula is C14H19N3O2. The van der Waals surface area contributed by atoms with E-state index in [1.807, 2.05) is 37.3 Å². The highest BCUT2D eigenvalue weighted by Gasteiger charge is 2.16. The van der Waals surface area contributed by atoms with E-state index in [4.69, 9.17) is 4.74 Å². The van der Waals surface area contributed by atoms with E-state index >= 15 is 0 Å². The van der Waals surface area contributed by atoms with Gasteiger partial charge in [0, 0.05) is 7.11 Å². The molecule has 0 fully saturated rings. The number of rotatable bonds is 6. The quantitative estimate of drug-likeness (QED) is 0.865. The van der Waals surface area contributed by atoms with Crippen LogP contribution in [0.3, 0.4) is 0 Å². The maximum Gasteiger partial charge on any atom is 0.0978 e. The molecule has 2 atom stereocenters. The zero-order valence-corrected chi connectivity index (χ0v) is 11.2. The molecule has 0 spiro atoms. The largest absolute Gasteiger partial charge is 0.387 e. The summed E-state index contributed by atoms with van der Waals surface area (Å²) < 4.78 is 6.85. The van der Waals surface area contributed by atoms with Gasteiger partial charge in [0.15, 0.2) is 0 Å². The van der Waals surface area contributed by atoms with Gasteiger partial charge in [-0.15, -0.1) is 5.10 Å². The molecule has 102 valence electrons. The van der Waals surface area contributed by atoms with Gasteiger partial charge in [-0.2, -0.15) is 0 Å². The zero-order chi connectivity index (χ0) is 13.7. The van der Waals surface area contributed by atoms with Crippen molar-refractivity contribution in [2.45, 2.75) is 32.0 Å². The summed E-state index contributed by atoms with van der Waals surface area (Å²) in [6, 6.07) is 9.67. The number of methoxy groups -OCH3 is 1. The SMILES string of the molecule is COC(C)CCC(O)c1cnnn1-c1ccccc1. The van der Waals surface area contributed by atoms with Crippen molar-refractivity contribution in [2.24, 2.45) is 0 Å². The Morgan fingerprint density at radius 2 is 2.00 bits per heavy atom. The van der Waals surface area contributed by atoms with Crippen molar-refractivity contribution in [2.75, 3.05) is 7.11 Å². The molecular weight excluding hydrogens is 242 g/mol. The fourth-order valence-corrected chi connectivity index (χ4v) is 1.90. The van der Waals surface area contributed by atoms with Gasteiger partial charge in [0.1, 0.15) is 0 Å². The Morgan fingerprint density at radius 3 is 2.68 bits per heavy atom. The molecule has 1 aromatic carbocycles. The van der Waals surface area contributed by atoms with Crippen LogP contribution in [0.25, 0.3) is 5.69 Å². The Bertz CT molecular complexity index is 498. The highest BCUT2D eigenvalue weighted by Crippen LogP contribution is 2.21. The molecule has 0 bridgehead atoms. The van der Waals surface area contributed by atoms with Crippen molar-refractivity contribution in [1.82, 2.24) is 15.0 Å². The monoisotopic (exact) mass is 261 g/mol. The lowest BCUT2D eigenvalue weighted by atomic mass is 10.1. The van der Waals surface area contributed by atoms with Crippen LogP contribution in [0.4, 0.5) is 0 Å². The summed E-state index contributed by atoms with van der Waals surface area (Å²) in [6.07, 6.45) is 2.56. The van der Waals surface area contributed by atoms with Gasteiger partial charge in [-0.3, -0.25) is 0 Å². The number of aromatic nitrogens is 3. The van der Waals surface area contributed by atoms with Crippen LogP contribution in [-0.4, -0.2) is 33.3 Å². The molecule has 2 unspecified atom stereocenters. The van der Waals surface area contributed by atoms with E-state index in [-0.39, 0.29) is 6.10 Å². The highest BCUT2D eigenvalue weighted by molar-refractivity contribution is 5.31. The van der Waals surface area contributed by atoms with E-state index in [1.165, 1.54) is 0 Å². The highest BCUT2D eigenvalue weighted by atomic mass is 16.5. The van der Waals surface area contributed by atoms with Gasteiger partial charge in [-0.1, -0.05) is 23.4 Å². The fourth-order valence-electron chi connectivity index (χ4n) is 1.90. The van der Waals surface area contributed by atoms with Crippen LogP contribution in [0.1, 0.15) is 31.6 Å². The zero-order valence-electron chi connectivity index (χ0n) is 11.2. The van der Waals surface area contributed by atoms with Crippen LogP contribution in [0, 0.1) is 0 Å². The predicted molar refractivity (Wildman–Crippen MR) is 72.0 cm³/mol. The minimum absolute atomic E-state index is 0.135. The summed E-state index contributed by atoms with van der Waals surface area (Å²) in [5.74, 6) is 0. The van der Waals surface area contributed by atoms with Crippen molar-refractivity contribution >= 4 is 0 Å². The molecule has 0 saturated carbocycles. The molecule has 19 heavy (non-hydrogen) atoms. The summed E-state index contributed by atoms with van der Waals surface area (Å²) >= 11 is 0. The Morgan fingerprint density at radius 1 is 1.26 bits per heavy atom. The van der Waals surface area contributed by atoms with Gasteiger partial charge in [0.05, 0.1) is 29.8 Å². The minimum Gasteiger partial charge on any atom is -0.387 e.